The molecular formula is C31H39N3O8-2. The zero-order chi connectivity index (χ0) is 30.9. The highest BCUT2D eigenvalue weighted by molar-refractivity contribution is 5.90. The molecule has 0 amide bonds. The first kappa shape index (κ1) is 32.6. The number of non-ortho nitro benzene ring substituents is 1. The van der Waals surface area contributed by atoms with Crippen LogP contribution < -0.4 is 25.6 Å². The number of aliphatic hydroxyl groups is 1. The van der Waals surface area contributed by atoms with Gasteiger partial charge in [-0.3, -0.25) is 10.1 Å². The molecule has 2 aromatic rings. The van der Waals surface area contributed by atoms with Gasteiger partial charge in [-0.1, -0.05) is 56.5 Å². The van der Waals surface area contributed by atoms with Crippen LogP contribution in [0.25, 0.3) is 0 Å². The molecule has 42 heavy (non-hydrogen) atoms. The molecule has 2 aromatic carbocycles. The van der Waals surface area contributed by atoms with Gasteiger partial charge in [-0.2, -0.15) is 0 Å². The van der Waals surface area contributed by atoms with Crippen molar-refractivity contribution in [2.75, 3.05) is 13.2 Å². The minimum absolute atomic E-state index is 0.0571. The number of unbranched alkanes of at least 4 members (excludes halogenated alkanes) is 2. The maximum absolute atomic E-state index is 12.8. The van der Waals surface area contributed by atoms with E-state index < -0.39 is 40.3 Å². The number of ether oxygens (including phenoxy) is 1. The van der Waals surface area contributed by atoms with Crippen LogP contribution in [0.5, 0.6) is 5.75 Å². The highest BCUT2D eigenvalue weighted by atomic mass is 16.6. The second kappa shape index (κ2) is 14.8. The third-order valence-corrected chi connectivity index (χ3v) is 7.78. The van der Waals surface area contributed by atoms with Gasteiger partial charge in [0.15, 0.2) is 0 Å². The lowest BCUT2D eigenvalue weighted by Gasteiger charge is -2.50. The molecule has 0 radical (unpaired) electrons. The van der Waals surface area contributed by atoms with Crippen LogP contribution >= 0.6 is 0 Å². The summed E-state index contributed by atoms with van der Waals surface area (Å²) in [6.07, 6.45) is 2.86. The van der Waals surface area contributed by atoms with E-state index in [1.807, 2.05) is 18.2 Å². The summed E-state index contributed by atoms with van der Waals surface area (Å²) in [5.41, 5.74) is -1.40. The zero-order valence-electron chi connectivity index (χ0n) is 24.2. The minimum Gasteiger partial charge on any atom is -0.550 e. The average molecular weight is 582 g/mol. The van der Waals surface area contributed by atoms with Crippen molar-refractivity contribution < 1.29 is 34.6 Å². The number of carbonyl (C=O) groups is 2. The molecule has 0 spiro atoms. The highest BCUT2D eigenvalue weighted by Crippen LogP contribution is 2.45. The van der Waals surface area contributed by atoms with E-state index in [2.05, 4.69) is 17.6 Å². The van der Waals surface area contributed by atoms with Crippen LogP contribution in [0.4, 0.5) is 5.69 Å². The fourth-order valence-corrected chi connectivity index (χ4v) is 5.89. The number of para-hydroxylation sites is 1. The molecule has 0 saturated carbocycles. The van der Waals surface area contributed by atoms with E-state index in [1.54, 1.807) is 19.1 Å². The number of benzene rings is 2. The molecule has 1 aliphatic heterocycles. The van der Waals surface area contributed by atoms with Crippen LogP contribution in [0, 0.1) is 16.0 Å². The highest BCUT2D eigenvalue weighted by Gasteiger charge is 2.47. The molecule has 0 bridgehead atoms. The number of carboxylic acids is 2. The average Bonchev–Trinajstić information content (AvgIpc) is 2.94. The Morgan fingerprint density at radius 1 is 1.14 bits per heavy atom. The number of nitro benzene ring substituents is 1. The van der Waals surface area contributed by atoms with E-state index >= 15 is 0 Å². The smallest absolute Gasteiger partial charge is 0.269 e. The van der Waals surface area contributed by atoms with Crippen molar-refractivity contribution in [3.63, 3.8) is 0 Å². The molecule has 0 saturated heterocycles. The van der Waals surface area contributed by atoms with E-state index in [1.165, 1.54) is 31.2 Å². The maximum atomic E-state index is 12.8. The first-order valence-electron chi connectivity index (χ1n) is 14.2. The molecule has 5 atom stereocenters. The van der Waals surface area contributed by atoms with Crippen molar-refractivity contribution in [3.8, 4) is 5.75 Å². The summed E-state index contributed by atoms with van der Waals surface area (Å²) in [6.45, 7) is 5.54. The molecule has 3 rings (SSSR count). The Labute approximate surface area is 245 Å². The van der Waals surface area contributed by atoms with E-state index in [0.29, 0.717) is 12.2 Å². The first-order chi connectivity index (χ1) is 20.0. The van der Waals surface area contributed by atoms with Gasteiger partial charge in [-0.15, -0.1) is 0 Å². The molecule has 11 heteroatoms. The molecule has 1 heterocycles. The quantitative estimate of drug-likeness (QED) is 0.150. The second-order valence-electron chi connectivity index (χ2n) is 11.1. The fourth-order valence-electron chi connectivity index (χ4n) is 5.89. The number of aliphatic hydroxyl groups excluding tert-OH is 1. The Morgan fingerprint density at radius 3 is 2.48 bits per heavy atom. The predicted molar refractivity (Wildman–Crippen MR) is 152 cm³/mol. The molecule has 1 aliphatic rings. The number of carbonyl (C=O) groups excluding carboxylic acids is 2. The molecule has 0 fully saturated rings. The standard InChI is InChI=1S/C31H41N3O8/c1-4-5-7-12-22(32-18-24(35)19-42-25-14-8-6-9-15-25)17-31(3)28(30(38)39)27(26(29(36)37)20(2)33-31)21-11-10-13-23(16-21)34(40)41/h6,8-11,13-16,22,24,27-28,32-33,35H,4-5,7,12,17-19H2,1-3H3,(H,36,37)(H,38,39)/p-2. The molecule has 0 aromatic heterocycles. The van der Waals surface area contributed by atoms with Gasteiger partial charge in [-0.05, 0) is 44.4 Å². The molecule has 3 N–H and O–H groups in total. The van der Waals surface area contributed by atoms with Gasteiger partial charge in [-0.25, -0.2) is 0 Å². The number of hydrogen-bond donors (Lipinski definition) is 3. The summed E-state index contributed by atoms with van der Waals surface area (Å²) < 4.78 is 5.65. The molecular weight excluding hydrogens is 542 g/mol. The van der Waals surface area contributed by atoms with Crippen molar-refractivity contribution in [1.29, 1.82) is 0 Å². The number of nitrogens with zero attached hydrogens (tertiary/aromatic N) is 1. The van der Waals surface area contributed by atoms with Crippen molar-refractivity contribution in [2.45, 2.75) is 76.5 Å². The number of aliphatic carboxylic acids is 2. The second-order valence-corrected chi connectivity index (χ2v) is 11.1. The van der Waals surface area contributed by atoms with Gasteiger partial charge >= 0.3 is 0 Å². The Balaban J connectivity index is 1.90. The lowest BCUT2D eigenvalue weighted by Crippen LogP contribution is -2.62. The summed E-state index contributed by atoms with van der Waals surface area (Å²) in [4.78, 5) is 35.9. The number of carboxylic acid groups (broad SMARTS) is 2. The van der Waals surface area contributed by atoms with Crippen LogP contribution in [0.15, 0.2) is 65.9 Å². The third kappa shape index (κ3) is 8.29. The van der Waals surface area contributed by atoms with E-state index in [0.717, 1.165) is 19.3 Å². The Hall–Kier alpha value is -3.96. The number of hydrogen-bond acceptors (Lipinski definition) is 10. The first-order valence-corrected chi connectivity index (χ1v) is 14.2. The van der Waals surface area contributed by atoms with Gasteiger partial charge in [0.05, 0.1) is 10.9 Å². The maximum Gasteiger partial charge on any atom is 0.269 e. The summed E-state index contributed by atoms with van der Waals surface area (Å²) in [5.74, 6) is -5.09. The van der Waals surface area contributed by atoms with Crippen molar-refractivity contribution >= 4 is 17.6 Å². The molecule has 228 valence electrons. The predicted octanol–water partition coefficient (Wildman–Crippen LogP) is 1.80. The van der Waals surface area contributed by atoms with Gasteiger partial charge in [0.1, 0.15) is 18.5 Å². The van der Waals surface area contributed by atoms with Crippen LogP contribution in [-0.2, 0) is 9.59 Å². The van der Waals surface area contributed by atoms with Gasteiger partial charge in [0.2, 0.25) is 0 Å². The number of nitrogens with one attached hydrogen (secondary N) is 2. The van der Waals surface area contributed by atoms with Crippen LogP contribution in [0.1, 0.15) is 64.4 Å². The largest absolute Gasteiger partial charge is 0.550 e. The third-order valence-electron chi connectivity index (χ3n) is 7.78. The van der Waals surface area contributed by atoms with E-state index in [-0.39, 0.29) is 48.1 Å². The Morgan fingerprint density at radius 2 is 1.86 bits per heavy atom. The molecule has 11 nitrogen and oxygen atoms in total. The molecule has 0 aliphatic carbocycles. The summed E-state index contributed by atoms with van der Waals surface area (Å²) in [7, 11) is 0. The van der Waals surface area contributed by atoms with Gasteiger partial charge in [0.25, 0.3) is 5.69 Å². The number of allylic oxidation sites excluding steroid dienone is 1. The lowest BCUT2D eigenvalue weighted by molar-refractivity contribution is -0.385. The van der Waals surface area contributed by atoms with Crippen molar-refractivity contribution in [3.05, 3.63) is 81.5 Å². The Bertz CT molecular complexity index is 1270. The lowest BCUT2D eigenvalue weighted by atomic mass is 9.65. The summed E-state index contributed by atoms with van der Waals surface area (Å²) in [6, 6.07) is 14.2. The van der Waals surface area contributed by atoms with Gasteiger partial charge < -0.3 is 40.3 Å². The fraction of sp³-hybridized carbons (Fsp3) is 0.484. The van der Waals surface area contributed by atoms with Crippen LogP contribution in [-0.4, -0.2) is 52.8 Å². The topological polar surface area (TPSA) is 177 Å². The SMILES string of the molecule is CCCCCC(CC1(C)NC(C)=C(C(=O)[O-])C(c2cccc([N+](=O)[O-])c2)C1C(=O)[O-])NCC(O)COc1ccccc1. The normalized spacial score (nSPS) is 21.7. The zero-order valence-corrected chi connectivity index (χ0v) is 24.2. The number of rotatable bonds is 16. The Kier molecular flexibility index (Phi) is 11.5. The molecule has 5 unspecified atom stereocenters. The van der Waals surface area contributed by atoms with Crippen molar-refractivity contribution in [2.24, 2.45) is 5.92 Å². The monoisotopic (exact) mass is 581 g/mol. The number of nitro groups is 1. The summed E-state index contributed by atoms with van der Waals surface area (Å²) in [5, 5.41) is 53.6. The summed E-state index contributed by atoms with van der Waals surface area (Å²) >= 11 is 0. The van der Waals surface area contributed by atoms with Gasteiger partial charge in [0, 0.05) is 59.3 Å². The van der Waals surface area contributed by atoms with Crippen molar-refractivity contribution in [1.82, 2.24) is 10.6 Å². The van der Waals surface area contributed by atoms with E-state index in [9.17, 15) is 35.0 Å². The van der Waals surface area contributed by atoms with Crippen LogP contribution in [0.2, 0.25) is 0 Å². The van der Waals surface area contributed by atoms with Crippen LogP contribution in [0.3, 0.4) is 0 Å². The minimum atomic E-state index is -1.57. The van der Waals surface area contributed by atoms with E-state index in [4.69, 9.17) is 4.74 Å².